The van der Waals surface area contributed by atoms with Crippen LogP contribution in [0.25, 0.3) is 12.2 Å². The van der Waals surface area contributed by atoms with Crippen LogP contribution in [0.5, 0.6) is 0 Å². The standard InChI is InChI=1S/C20H17ClN2O3/c21-18-5-1-14(2-6-18)11-16-9-10-22-13-17(20(16)24)12-15-3-7-19(8-4-15)23(25)26/h1-8,11-12,22H,9-10,13H2. The number of benzene rings is 2. The van der Waals surface area contributed by atoms with Crippen molar-refractivity contribution in [3.05, 3.63) is 85.9 Å². The van der Waals surface area contributed by atoms with Gasteiger partial charge in [-0.1, -0.05) is 23.7 Å². The maximum Gasteiger partial charge on any atom is 0.269 e. The number of nitrogens with zero attached hydrogens (tertiary/aromatic N) is 1. The Morgan fingerprint density at radius 2 is 1.54 bits per heavy atom. The van der Waals surface area contributed by atoms with Crippen LogP contribution in [0.15, 0.2) is 59.7 Å². The number of nitro benzene ring substituents is 1. The van der Waals surface area contributed by atoms with Crippen molar-refractivity contribution in [3.63, 3.8) is 0 Å². The molecule has 0 bridgehead atoms. The van der Waals surface area contributed by atoms with E-state index in [9.17, 15) is 14.9 Å². The third kappa shape index (κ3) is 4.45. The zero-order valence-corrected chi connectivity index (χ0v) is 14.7. The first-order valence-corrected chi connectivity index (χ1v) is 8.57. The van der Waals surface area contributed by atoms with E-state index in [-0.39, 0.29) is 11.5 Å². The summed E-state index contributed by atoms with van der Waals surface area (Å²) in [5.41, 5.74) is 3.07. The number of non-ortho nitro benzene ring substituents is 1. The SMILES string of the molecule is O=C1C(=Cc2ccc(Cl)cc2)CCNCC1=Cc1ccc([N+](=O)[O-])cc1. The van der Waals surface area contributed by atoms with Crippen molar-refractivity contribution in [2.45, 2.75) is 6.42 Å². The lowest BCUT2D eigenvalue weighted by Crippen LogP contribution is -2.16. The highest BCUT2D eigenvalue weighted by Gasteiger charge is 2.18. The van der Waals surface area contributed by atoms with E-state index < -0.39 is 4.92 Å². The maximum atomic E-state index is 12.9. The second-order valence-electron chi connectivity index (χ2n) is 6.00. The number of hydrogen-bond donors (Lipinski definition) is 1. The Morgan fingerprint density at radius 1 is 0.962 bits per heavy atom. The first-order valence-electron chi connectivity index (χ1n) is 8.19. The summed E-state index contributed by atoms with van der Waals surface area (Å²) >= 11 is 5.90. The van der Waals surface area contributed by atoms with Gasteiger partial charge in [0.1, 0.15) is 0 Å². The number of nitrogens with one attached hydrogen (secondary N) is 1. The molecule has 0 spiro atoms. The zero-order chi connectivity index (χ0) is 18.5. The largest absolute Gasteiger partial charge is 0.312 e. The monoisotopic (exact) mass is 368 g/mol. The smallest absolute Gasteiger partial charge is 0.269 e. The summed E-state index contributed by atoms with van der Waals surface area (Å²) in [6.07, 6.45) is 4.30. The lowest BCUT2D eigenvalue weighted by Gasteiger charge is -2.05. The van der Waals surface area contributed by atoms with Gasteiger partial charge in [0.05, 0.1) is 4.92 Å². The van der Waals surface area contributed by atoms with Gasteiger partial charge in [0.25, 0.3) is 5.69 Å². The Balaban J connectivity index is 1.88. The van der Waals surface area contributed by atoms with Crippen LogP contribution >= 0.6 is 11.6 Å². The second-order valence-corrected chi connectivity index (χ2v) is 6.43. The Labute approximate surface area is 156 Å². The molecular weight excluding hydrogens is 352 g/mol. The molecule has 0 radical (unpaired) electrons. The molecule has 1 N–H and O–H groups in total. The van der Waals surface area contributed by atoms with E-state index in [4.69, 9.17) is 11.6 Å². The lowest BCUT2D eigenvalue weighted by molar-refractivity contribution is -0.384. The highest BCUT2D eigenvalue weighted by Crippen LogP contribution is 2.21. The molecule has 0 aliphatic carbocycles. The zero-order valence-electron chi connectivity index (χ0n) is 13.9. The molecule has 0 amide bonds. The molecule has 1 fully saturated rings. The predicted octanol–water partition coefficient (Wildman–Crippen LogP) is 4.28. The van der Waals surface area contributed by atoms with Crippen LogP contribution in [0.3, 0.4) is 0 Å². The Hall–Kier alpha value is -2.76. The summed E-state index contributed by atoms with van der Waals surface area (Å²) in [5.74, 6) is -0.0108. The number of hydrogen-bond acceptors (Lipinski definition) is 4. The normalized spacial score (nSPS) is 18.1. The number of nitro groups is 1. The summed E-state index contributed by atoms with van der Waals surface area (Å²) in [5, 5.41) is 14.6. The van der Waals surface area contributed by atoms with Crippen LogP contribution in [0.1, 0.15) is 17.5 Å². The van der Waals surface area contributed by atoms with Crippen molar-refractivity contribution in [2.75, 3.05) is 13.1 Å². The molecule has 2 aromatic rings. The first-order chi connectivity index (χ1) is 12.5. The highest BCUT2D eigenvalue weighted by atomic mass is 35.5. The van der Waals surface area contributed by atoms with Crippen LogP contribution in [0, 0.1) is 10.1 Å². The Bertz CT molecular complexity index is 884. The van der Waals surface area contributed by atoms with Crippen LogP contribution in [-0.2, 0) is 4.79 Å². The fourth-order valence-electron chi connectivity index (χ4n) is 2.75. The van der Waals surface area contributed by atoms with Gasteiger partial charge in [0, 0.05) is 34.8 Å². The van der Waals surface area contributed by atoms with Crippen LogP contribution in [0.2, 0.25) is 5.02 Å². The van der Waals surface area contributed by atoms with E-state index in [1.165, 1.54) is 12.1 Å². The molecule has 3 rings (SSSR count). The fourth-order valence-corrected chi connectivity index (χ4v) is 2.88. The van der Waals surface area contributed by atoms with Crippen LogP contribution in [0.4, 0.5) is 5.69 Å². The molecule has 0 aromatic heterocycles. The van der Waals surface area contributed by atoms with Crippen LogP contribution in [-0.4, -0.2) is 23.8 Å². The van der Waals surface area contributed by atoms with E-state index in [0.29, 0.717) is 30.1 Å². The van der Waals surface area contributed by atoms with E-state index in [0.717, 1.165) is 16.7 Å². The van der Waals surface area contributed by atoms with Gasteiger partial charge in [0.15, 0.2) is 5.78 Å². The minimum absolute atomic E-state index is 0.0108. The molecule has 0 atom stereocenters. The van der Waals surface area contributed by atoms with E-state index in [2.05, 4.69) is 5.32 Å². The summed E-state index contributed by atoms with van der Waals surface area (Å²) < 4.78 is 0. The van der Waals surface area contributed by atoms with Gasteiger partial charge in [-0.2, -0.15) is 0 Å². The molecule has 0 saturated carbocycles. The van der Waals surface area contributed by atoms with Crippen molar-refractivity contribution >= 4 is 35.2 Å². The quantitative estimate of drug-likeness (QED) is 0.498. The molecule has 0 unspecified atom stereocenters. The van der Waals surface area contributed by atoms with Gasteiger partial charge in [-0.05, 0) is 60.5 Å². The van der Waals surface area contributed by atoms with E-state index in [1.54, 1.807) is 30.3 Å². The van der Waals surface area contributed by atoms with Gasteiger partial charge >= 0.3 is 0 Å². The molecule has 1 heterocycles. The van der Waals surface area contributed by atoms with Crippen molar-refractivity contribution in [2.24, 2.45) is 0 Å². The topological polar surface area (TPSA) is 72.2 Å². The molecule has 26 heavy (non-hydrogen) atoms. The second kappa shape index (κ2) is 8.08. The molecule has 1 saturated heterocycles. The molecular formula is C20H17ClN2O3. The molecule has 1 aliphatic rings. The number of carbonyl (C=O) groups is 1. The number of rotatable bonds is 3. The molecule has 1 aliphatic heterocycles. The summed E-state index contributed by atoms with van der Waals surface area (Å²) in [6, 6.07) is 13.5. The van der Waals surface area contributed by atoms with Crippen molar-refractivity contribution < 1.29 is 9.72 Å². The van der Waals surface area contributed by atoms with E-state index >= 15 is 0 Å². The number of ketones is 1. The lowest BCUT2D eigenvalue weighted by atomic mass is 9.98. The minimum atomic E-state index is -0.442. The molecule has 2 aromatic carbocycles. The molecule has 6 heteroatoms. The fraction of sp³-hybridized carbons (Fsp3) is 0.150. The third-order valence-corrected chi connectivity index (χ3v) is 4.38. The number of carbonyl (C=O) groups excluding carboxylic acids is 1. The third-order valence-electron chi connectivity index (χ3n) is 4.13. The summed E-state index contributed by atoms with van der Waals surface area (Å²) in [4.78, 5) is 23.2. The summed E-state index contributed by atoms with van der Waals surface area (Å²) in [6.45, 7) is 1.18. The van der Waals surface area contributed by atoms with Gasteiger partial charge in [0.2, 0.25) is 0 Å². The van der Waals surface area contributed by atoms with Crippen molar-refractivity contribution in [3.8, 4) is 0 Å². The van der Waals surface area contributed by atoms with Crippen LogP contribution < -0.4 is 5.32 Å². The van der Waals surface area contributed by atoms with Gasteiger partial charge in [-0.3, -0.25) is 14.9 Å². The average Bonchev–Trinajstić information content (AvgIpc) is 2.80. The van der Waals surface area contributed by atoms with Gasteiger partial charge in [-0.15, -0.1) is 0 Å². The first kappa shape index (κ1) is 18.0. The Kier molecular flexibility index (Phi) is 5.61. The predicted molar refractivity (Wildman–Crippen MR) is 103 cm³/mol. The van der Waals surface area contributed by atoms with Gasteiger partial charge < -0.3 is 5.32 Å². The summed E-state index contributed by atoms with van der Waals surface area (Å²) in [7, 11) is 0. The average molecular weight is 369 g/mol. The molecule has 5 nitrogen and oxygen atoms in total. The van der Waals surface area contributed by atoms with E-state index in [1.807, 2.05) is 18.2 Å². The maximum absolute atomic E-state index is 12.9. The molecule has 132 valence electrons. The highest BCUT2D eigenvalue weighted by molar-refractivity contribution is 6.30. The van der Waals surface area contributed by atoms with Gasteiger partial charge in [-0.25, -0.2) is 0 Å². The minimum Gasteiger partial charge on any atom is -0.312 e. The van der Waals surface area contributed by atoms with Crippen molar-refractivity contribution in [1.82, 2.24) is 5.32 Å². The van der Waals surface area contributed by atoms with Crippen molar-refractivity contribution in [1.29, 1.82) is 0 Å². The Morgan fingerprint density at radius 3 is 2.15 bits per heavy atom. The number of halogens is 1. The number of Topliss-reactive ketones (excluding diaryl/α,β-unsaturated/α-hetero) is 1.